The lowest BCUT2D eigenvalue weighted by molar-refractivity contribution is -0.0393. The molecule has 0 N–H and O–H groups in total. The van der Waals surface area contributed by atoms with Crippen LogP contribution in [0.1, 0.15) is 93.2 Å². The minimum atomic E-state index is -0.154. The quantitative estimate of drug-likeness (QED) is 0.165. The lowest BCUT2D eigenvalue weighted by Gasteiger charge is -2.61. The number of furan rings is 1. The van der Waals surface area contributed by atoms with Crippen molar-refractivity contribution in [2.75, 3.05) is 9.80 Å². The van der Waals surface area contributed by atoms with E-state index in [1.807, 2.05) is 0 Å². The van der Waals surface area contributed by atoms with E-state index in [0.717, 1.165) is 45.5 Å². The Morgan fingerprint density at radius 2 is 0.812 bits per heavy atom. The second kappa shape index (κ2) is 17.0. The summed E-state index contributed by atoms with van der Waals surface area (Å²) in [5.74, 6) is 2.74. The number of hydrogen-bond donors (Lipinski definition) is 0. The van der Waals surface area contributed by atoms with Gasteiger partial charge >= 0.3 is 0 Å². The van der Waals surface area contributed by atoms with E-state index in [1.165, 1.54) is 148 Å². The van der Waals surface area contributed by atoms with Gasteiger partial charge in [-0.3, -0.25) is 0 Å². The summed E-state index contributed by atoms with van der Waals surface area (Å²) in [5, 5.41) is 9.98. The number of benzene rings is 12. The minimum absolute atomic E-state index is 0.130. The highest BCUT2D eigenvalue weighted by Crippen LogP contribution is 2.71. The van der Waals surface area contributed by atoms with Crippen LogP contribution in [0.2, 0.25) is 0 Å². The largest absolute Gasteiger partial charge is 0.456 e. The van der Waals surface area contributed by atoms with Crippen LogP contribution in [0.4, 0.5) is 34.1 Å². The molecule has 1 heterocycles. The number of fused-ring (bicyclic) bond motifs is 16. The van der Waals surface area contributed by atoms with Gasteiger partial charge in [-0.1, -0.05) is 173 Å². The van der Waals surface area contributed by atoms with Crippen LogP contribution in [-0.4, -0.2) is 0 Å². The average Bonchev–Trinajstić information content (AvgIpc) is 1.96. The normalized spacial score (nSPS) is 21.2. The summed E-state index contributed by atoms with van der Waals surface area (Å²) in [4.78, 5) is 5.07. The van der Waals surface area contributed by atoms with Gasteiger partial charge in [0.15, 0.2) is 0 Å². The van der Waals surface area contributed by atoms with Crippen LogP contribution in [0.5, 0.6) is 0 Å². The molecule has 4 saturated carbocycles. The summed E-state index contributed by atoms with van der Waals surface area (Å²) in [6, 6.07) is 88.3. The van der Waals surface area contributed by atoms with Gasteiger partial charge in [0.05, 0.1) is 11.1 Å². The molecular weight excluding hydrogens is 1030 g/mol. The SMILES string of the molecule is CC1(C)c2ccccc2-c2ccc(N(c3ccc4ccccc4c3)c3ccc4ccc5c(c4c3)C3(c4cc6oc7cccc(N(c8ccc9c(c8)C(C)(C)c8ccccc8-9)c8ccc9ccccc9c8)c7c6cc4-5)C4CC5CC(C4)CC3C5)cc21. The second-order valence-electron chi connectivity index (χ2n) is 27.2. The summed E-state index contributed by atoms with van der Waals surface area (Å²) >= 11 is 0. The third kappa shape index (κ3) is 6.51. The van der Waals surface area contributed by atoms with Crippen molar-refractivity contribution in [1.82, 2.24) is 0 Å². The molecule has 0 unspecified atom stereocenters. The van der Waals surface area contributed by atoms with Crippen LogP contribution >= 0.6 is 0 Å². The molecule has 7 aliphatic rings. The Hall–Kier alpha value is -9.18. The highest BCUT2D eigenvalue weighted by molar-refractivity contribution is 6.16. The van der Waals surface area contributed by atoms with Crippen LogP contribution in [0, 0.1) is 23.7 Å². The molecule has 1 spiro atoms. The van der Waals surface area contributed by atoms with Crippen LogP contribution < -0.4 is 9.80 Å². The first kappa shape index (κ1) is 48.2. The van der Waals surface area contributed by atoms with Crippen molar-refractivity contribution >= 4 is 88.4 Å². The van der Waals surface area contributed by atoms with Crippen molar-refractivity contribution < 1.29 is 4.42 Å². The lowest BCUT2D eigenvalue weighted by atomic mass is 9.43. The minimum Gasteiger partial charge on any atom is -0.456 e. The van der Waals surface area contributed by atoms with E-state index in [1.54, 1.807) is 5.56 Å². The predicted molar refractivity (Wildman–Crippen MR) is 354 cm³/mol. The Bertz CT molecular complexity index is 5040. The fourth-order valence-electron chi connectivity index (χ4n) is 18.8. The van der Waals surface area contributed by atoms with Crippen molar-refractivity contribution in [1.29, 1.82) is 0 Å². The first-order chi connectivity index (χ1) is 41.6. The zero-order valence-corrected chi connectivity index (χ0v) is 48.6. The molecule has 4 fully saturated rings. The molecule has 1 aromatic heterocycles. The number of hydrogen-bond acceptors (Lipinski definition) is 3. The molecule has 0 amide bonds. The summed E-state index contributed by atoms with van der Waals surface area (Å²) in [6.07, 6.45) is 6.59. The van der Waals surface area contributed by atoms with E-state index >= 15 is 0 Å². The van der Waals surface area contributed by atoms with Crippen molar-refractivity contribution in [3.8, 4) is 33.4 Å². The molecule has 20 rings (SSSR count). The summed E-state index contributed by atoms with van der Waals surface area (Å²) < 4.78 is 7.34. The second-order valence-corrected chi connectivity index (χ2v) is 27.2. The Morgan fingerprint density at radius 1 is 0.329 bits per heavy atom. The third-order valence-electron chi connectivity index (χ3n) is 22.3. The van der Waals surface area contributed by atoms with Gasteiger partial charge in [0.2, 0.25) is 0 Å². The molecule has 3 nitrogen and oxygen atoms in total. The molecule has 4 bridgehead atoms. The highest BCUT2D eigenvalue weighted by atomic mass is 16.3. The Morgan fingerprint density at radius 3 is 1.44 bits per heavy atom. The summed E-state index contributed by atoms with van der Waals surface area (Å²) in [6.45, 7) is 9.58. The van der Waals surface area contributed by atoms with Gasteiger partial charge in [0, 0.05) is 50.1 Å². The highest BCUT2D eigenvalue weighted by Gasteiger charge is 2.62. The maximum Gasteiger partial charge on any atom is 0.137 e. The predicted octanol–water partition coefficient (Wildman–Crippen LogP) is 22.3. The Kier molecular flexibility index (Phi) is 9.65. The van der Waals surface area contributed by atoms with Gasteiger partial charge in [0.1, 0.15) is 11.2 Å². The van der Waals surface area contributed by atoms with Gasteiger partial charge < -0.3 is 14.2 Å². The fraction of sp³-hybridized carbons (Fsp3) is 0.195. The molecule has 3 heteroatoms. The summed E-state index contributed by atoms with van der Waals surface area (Å²) in [7, 11) is 0. The molecule has 12 aromatic carbocycles. The third-order valence-corrected chi connectivity index (χ3v) is 22.3. The first-order valence-electron chi connectivity index (χ1n) is 31.2. The van der Waals surface area contributed by atoms with Crippen molar-refractivity contribution in [3.63, 3.8) is 0 Å². The van der Waals surface area contributed by atoms with Gasteiger partial charge in [-0.25, -0.2) is 0 Å². The number of nitrogens with zero attached hydrogens (tertiary/aromatic N) is 2. The van der Waals surface area contributed by atoms with Crippen molar-refractivity contribution in [3.05, 3.63) is 264 Å². The zero-order valence-electron chi connectivity index (χ0n) is 48.6. The van der Waals surface area contributed by atoms with E-state index in [-0.39, 0.29) is 16.2 Å². The van der Waals surface area contributed by atoms with Crippen LogP contribution in [0.25, 0.3) is 87.6 Å². The Balaban J connectivity index is 0.833. The maximum absolute atomic E-state index is 7.34. The molecule has 13 aromatic rings. The van der Waals surface area contributed by atoms with Crippen molar-refractivity contribution in [2.45, 2.75) is 76.0 Å². The van der Waals surface area contributed by atoms with Crippen LogP contribution in [-0.2, 0) is 16.2 Å². The van der Waals surface area contributed by atoms with E-state index in [2.05, 4.69) is 268 Å². The van der Waals surface area contributed by atoms with Crippen molar-refractivity contribution in [2.24, 2.45) is 23.7 Å². The molecule has 7 aliphatic carbocycles. The van der Waals surface area contributed by atoms with Crippen LogP contribution in [0.15, 0.2) is 235 Å². The van der Waals surface area contributed by atoms with E-state index in [0.29, 0.717) is 11.8 Å². The van der Waals surface area contributed by atoms with E-state index in [9.17, 15) is 0 Å². The van der Waals surface area contributed by atoms with Gasteiger partial charge in [-0.15, -0.1) is 0 Å². The molecule has 0 aliphatic heterocycles. The Labute approximate surface area is 496 Å². The molecule has 85 heavy (non-hydrogen) atoms. The van der Waals surface area contributed by atoms with Gasteiger partial charge in [0.25, 0.3) is 0 Å². The molecule has 0 atom stereocenters. The monoisotopic (exact) mass is 1090 g/mol. The molecule has 0 radical (unpaired) electrons. The van der Waals surface area contributed by atoms with Gasteiger partial charge in [-0.2, -0.15) is 0 Å². The topological polar surface area (TPSA) is 19.6 Å². The first-order valence-corrected chi connectivity index (χ1v) is 31.2. The van der Waals surface area contributed by atoms with Crippen LogP contribution in [0.3, 0.4) is 0 Å². The molecule has 0 saturated heterocycles. The smallest absolute Gasteiger partial charge is 0.137 e. The fourth-order valence-corrected chi connectivity index (χ4v) is 18.8. The number of anilines is 6. The van der Waals surface area contributed by atoms with Gasteiger partial charge in [-0.05, 0) is 240 Å². The standard InChI is InChI=1S/C82H64N2O/c1-80(2)70-20-11-9-18-62(70)64-34-31-60(44-72(64)80)83(57-28-24-50-14-5-7-16-53(50)41-57)59-30-26-52-27-33-66-68-46-69-77(47-74(68)82(79(66)67(52)43-59)55-37-48-36-49(39-55)40-56(82)38-48)85-76-23-13-22-75(78(69)76)84(58-29-25-51-15-6-8-17-54(51)42-58)61-32-35-65-63-19-10-12-21-71(63)81(3,4)73(65)45-61/h5-35,41-49,55-56H,36-40H2,1-4H3. The zero-order chi connectivity index (χ0) is 56.2. The van der Waals surface area contributed by atoms with E-state index in [4.69, 9.17) is 4.42 Å². The summed E-state index contributed by atoms with van der Waals surface area (Å²) in [5.41, 5.74) is 25.1. The number of rotatable bonds is 6. The molecule has 408 valence electrons. The molecular formula is C82H64N2O. The lowest BCUT2D eigenvalue weighted by Crippen LogP contribution is -2.55. The maximum atomic E-state index is 7.34. The van der Waals surface area contributed by atoms with E-state index < -0.39 is 0 Å². The average molecular weight is 1090 g/mol.